The second-order valence-electron chi connectivity index (χ2n) is 6.46. The van der Waals surface area contributed by atoms with Gasteiger partial charge in [-0.2, -0.15) is 0 Å². The van der Waals surface area contributed by atoms with Gasteiger partial charge < -0.3 is 4.42 Å². The number of para-hydroxylation sites is 2. The Bertz CT molecular complexity index is 1430. The molecule has 0 bridgehead atoms. The number of aromatic nitrogens is 2. The van der Waals surface area contributed by atoms with Crippen LogP contribution in [0.2, 0.25) is 0 Å². The maximum Gasteiger partial charge on any atom is 0.344 e. The molecule has 5 heteroatoms. The van der Waals surface area contributed by atoms with Crippen LogP contribution in [0.3, 0.4) is 0 Å². The molecule has 3 heterocycles. The molecule has 0 aliphatic heterocycles. The highest BCUT2D eigenvalue weighted by Crippen LogP contribution is 2.31. The van der Waals surface area contributed by atoms with Gasteiger partial charge in [0.2, 0.25) is 5.91 Å². The summed E-state index contributed by atoms with van der Waals surface area (Å²) < 4.78 is 7.24. The minimum Gasteiger partial charge on any atom is -0.421 e. The number of nitrogens with zero attached hydrogens (tertiary/aromatic N) is 2. The Hall–Kier alpha value is -3.73. The van der Waals surface area contributed by atoms with Gasteiger partial charge in [0.25, 0.3) is 0 Å². The summed E-state index contributed by atoms with van der Waals surface area (Å²) in [5.74, 6) is -0.115. The van der Waals surface area contributed by atoms with E-state index in [1.165, 1.54) is 6.92 Å². The Kier molecular flexibility index (Phi) is 3.24. The zero-order chi connectivity index (χ0) is 18.5. The van der Waals surface area contributed by atoms with Gasteiger partial charge in [-0.1, -0.05) is 30.3 Å². The molecule has 5 nitrogen and oxygen atoms in total. The monoisotopic (exact) mass is 354 g/mol. The van der Waals surface area contributed by atoms with Crippen LogP contribution in [0.25, 0.3) is 43.9 Å². The molecule has 0 saturated heterocycles. The zero-order valence-electron chi connectivity index (χ0n) is 14.5. The second-order valence-corrected chi connectivity index (χ2v) is 6.46. The van der Waals surface area contributed by atoms with E-state index in [4.69, 9.17) is 4.42 Å². The first-order valence-corrected chi connectivity index (χ1v) is 8.56. The van der Waals surface area contributed by atoms with Gasteiger partial charge in [0.15, 0.2) is 0 Å². The fraction of sp³-hybridized carbons (Fsp3) is 0.0455. The molecule has 5 rings (SSSR count). The third-order valence-electron chi connectivity index (χ3n) is 4.81. The predicted molar refractivity (Wildman–Crippen MR) is 105 cm³/mol. The van der Waals surface area contributed by atoms with Crippen molar-refractivity contribution in [3.63, 3.8) is 0 Å². The van der Waals surface area contributed by atoms with E-state index in [-0.39, 0.29) is 5.91 Å². The lowest BCUT2D eigenvalue weighted by molar-refractivity contribution is 0.0941. The third-order valence-corrected chi connectivity index (χ3v) is 4.81. The molecule has 5 aromatic rings. The fourth-order valence-electron chi connectivity index (χ4n) is 3.55. The van der Waals surface area contributed by atoms with Crippen molar-refractivity contribution < 1.29 is 9.21 Å². The molecule has 0 amide bonds. The highest BCUT2D eigenvalue weighted by atomic mass is 16.4. The Balaban J connectivity index is 1.85. The van der Waals surface area contributed by atoms with E-state index >= 15 is 0 Å². The SMILES string of the molecule is CC(=O)n1cc(-c2cc3cnc4ccccc4c3oc2=O)c2ccccc21. The summed E-state index contributed by atoms with van der Waals surface area (Å²) in [6.45, 7) is 1.50. The molecule has 0 atom stereocenters. The number of carbonyl (C=O) groups is 1. The predicted octanol–water partition coefficient (Wildman–Crippen LogP) is 4.62. The second kappa shape index (κ2) is 5.64. The molecule has 0 saturated carbocycles. The van der Waals surface area contributed by atoms with Crippen LogP contribution in [-0.2, 0) is 0 Å². The lowest BCUT2D eigenvalue weighted by atomic mass is 10.0. The number of benzene rings is 2. The van der Waals surface area contributed by atoms with Gasteiger partial charge in [0.05, 0.1) is 16.6 Å². The molecule has 0 fully saturated rings. The maximum atomic E-state index is 12.8. The van der Waals surface area contributed by atoms with Crippen molar-refractivity contribution in [1.82, 2.24) is 9.55 Å². The normalized spacial score (nSPS) is 11.4. The van der Waals surface area contributed by atoms with E-state index in [0.29, 0.717) is 16.7 Å². The Morgan fingerprint density at radius 1 is 1.00 bits per heavy atom. The van der Waals surface area contributed by atoms with E-state index in [0.717, 1.165) is 27.2 Å². The average Bonchev–Trinajstić information content (AvgIpc) is 3.07. The van der Waals surface area contributed by atoms with Crippen LogP contribution in [0.1, 0.15) is 11.7 Å². The molecular weight excluding hydrogens is 340 g/mol. The van der Waals surface area contributed by atoms with Gasteiger partial charge in [0, 0.05) is 41.0 Å². The van der Waals surface area contributed by atoms with Crippen LogP contribution in [0.15, 0.2) is 76.2 Å². The van der Waals surface area contributed by atoms with Crippen LogP contribution < -0.4 is 5.63 Å². The van der Waals surface area contributed by atoms with Crippen LogP contribution in [-0.4, -0.2) is 15.5 Å². The standard InChI is InChI=1S/C22H14N2O3/c1-13(25)24-12-18(15-6-3-5-9-20(15)24)17-10-14-11-23-19-8-4-2-7-16(19)21(14)27-22(17)26/h2-12H,1H3. The van der Waals surface area contributed by atoms with Crippen molar-refractivity contribution in [1.29, 1.82) is 0 Å². The van der Waals surface area contributed by atoms with Crippen LogP contribution >= 0.6 is 0 Å². The van der Waals surface area contributed by atoms with E-state index < -0.39 is 5.63 Å². The number of fused-ring (bicyclic) bond motifs is 4. The number of hydrogen-bond donors (Lipinski definition) is 0. The van der Waals surface area contributed by atoms with Crippen molar-refractivity contribution in [2.75, 3.05) is 0 Å². The fourth-order valence-corrected chi connectivity index (χ4v) is 3.55. The molecule has 0 aliphatic rings. The number of hydrogen-bond acceptors (Lipinski definition) is 4. The van der Waals surface area contributed by atoms with Gasteiger partial charge >= 0.3 is 5.63 Å². The number of rotatable bonds is 1. The summed E-state index contributed by atoms with van der Waals surface area (Å²) in [5, 5.41) is 2.36. The third kappa shape index (κ3) is 2.29. The van der Waals surface area contributed by atoms with E-state index in [1.54, 1.807) is 23.0 Å². The van der Waals surface area contributed by atoms with E-state index in [1.807, 2.05) is 48.5 Å². The molecule has 0 aliphatic carbocycles. The molecular formula is C22H14N2O3. The number of pyridine rings is 1. The quantitative estimate of drug-likeness (QED) is 0.412. The van der Waals surface area contributed by atoms with Gasteiger partial charge in [-0.3, -0.25) is 14.3 Å². The Morgan fingerprint density at radius 2 is 1.74 bits per heavy atom. The highest BCUT2D eigenvalue weighted by Gasteiger charge is 2.17. The summed E-state index contributed by atoms with van der Waals surface area (Å²) in [6.07, 6.45) is 3.40. The van der Waals surface area contributed by atoms with Gasteiger partial charge in [-0.05, 0) is 24.3 Å². The Morgan fingerprint density at radius 3 is 2.56 bits per heavy atom. The lowest BCUT2D eigenvalue weighted by Gasteiger charge is -2.04. The minimum absolute atomic E-state index is 0.115. The summed E-state index contributed by atoms with van der Waals surface area (Å²) in [7, 11) is 0. The molecule has 0 unspecified atom stereocenters. The molecule has 0 spiro atoms. The maximum absolute atomic E-state index is 12.8. The van der Waals surface area contributed by atoms with E-state index in [2.05, 4.69) is 4.98 Å². The van der Waals surface area contributed by atoms with Gasteiger partial charge in [-0.25, -0.2) is 4.79 Å². The summed E-state index contributed by atoms with van der Waals surface area (Å²) in [5.41, 5.74) is 2.69. The Labute approximate surface area is 153 Å². The molecule has 27 heavy (non-hydrogen) atoms. The van der Waals surface area contributed by atoms with Crippen molar-refractivity contribution in [2.45, 2.75) is 6.92 Å². The molecule has 130 valence electrons. The van der Waals surface area contributed by atoms with Crippen molar-refractivity contribution >= 4 is 38.7 Å². The topological polar surface area (TPSA) is 65.1 Å². The molecule has 3 aromatic heterocycles. The first-order valence-electron chi connectivity index (χ1n) is 8.56. The smallest absolute Gasteiger partial charge is 0.344 e. The lowest BCUT2D eigenvalue weighted by Crippen LogP contribution is -2.04. The van der Waals surface area contributed by atoms with Crippen molar-refractivity contribution in [2.24, 2.45) is 0 Å². The zero-order valence-corrected chi connectivity index (χ0v) is 14.5. The molecule has 2 aromatic carbocycles. The first kappa shape index (κ1) is 15.5. The van der Waals surface area contributed by atoms with Crippen LogP contribution in [0, 0.1) is 0 Å². The summed E-state index contributed by atoms with van der Waals surface area (Å²) in [4.78, 5) is 29.3. The van der Waals surface area contributed by atoms with Crippen LogP contribution in [0.4, 0.5) is 0 Å². The van der Waals surface area contributed by atoms with Gasteiger partial charge in [-0.15, -0.1) is 0 Å². The van der Waals surface area contributed by atoms with Crippen molar-refractivity contribution in [3.8, 4) is 11.1 Å². The highest BCUT2D eigenvalue weighted by molar-refractivity contribution is 6.05. The minimum atomic E-state index is -0.440. The van der Waals surface area contributed by atoms with E-state index in [9.17, 15) is 9.59 Å². The van der Waals surface area contributed by atoms with Gasteiger partial charge in [0.1, 0.15) is 5.58 Å². The summed E-state index contributed by atoms with van der Waals surface area (Å²) in [6, 6.07) is 16.8. The average molecular weight is 354 g/mol. The molecule has 0 N–H and O–H groups in total. The summed E-state index contributed by atoms with van der Waals surface area (Å²) >= 11 is 0. The largest absolute Gasteiger partial charge is 0.421 e. The number of carbonyl (C=O) groups excluding carboxylic acids is 1. The van der Waals surface area contributed by atoms with Crippen molar-refractivity contribution in [3.05, 3.63) is 77.4 Å². The first-order chi connectivity index (χ1) is 13.1. The molecule has 0 radical (unpaired) electrons. The van der Waals surface area contributed by atoms with Crippen LogP contribution in [0.5, 0.6) is 0 Å².